The van der Waals surface area contributed by atoms with Crippen LogP contribution in [0, 0.1) is 5.82 Å². The van der Waals surface area contributed by atoms with E-state index in [1.54, 1.807) is 0 Å². The van der Waals surface area contributed by atoms with Crippen molar-refractivity contribution in [2.75, 3.05) is 0 Å². The predicted octanol–water partition coefficient (Wildman–Crippen LogP) is 1.65. The molecule has 2 N–H and O–H groups in total. The number of sulfonamides is 1. The van der Waals surface area contributed by atoms with E-state index in [-0.39, 0.29) is 12.5 Å². The Morgan fingerprint density at radius 1 is 1.24 bits per heavy atom. The molecule has 1 atom stereocenters. The number of carboxylic acid groups (broad SMARTS) is 1. The standard InChI is InChI=1S/C11H11F4NO4S/c1-10(9(17)18,11(13,14)15)16-21(19,20)6-7-2-4-8(12)5-3-7/h2-5,16H,6H2,1H3,(H,17,18). The van der Waals surface area contributed by atoms with Gasteiger partial charge < -0.3 is 5.11 Å². The van der Waals surface area contributed by atoms with E-state index in [0.29, 0.717) is 0 Å². The monoisotopic (exact) mass is 329 g/mol. The predicted molar refractivity (Wildman–Crippen MR) is 64.3 cm³/mol. The highest BCUT2D eigenvalue weighted by molar-refractivity contribution is 7.88. The average Bonchev–Trinajstić information content (AvgIpc) is 2.29. The van der Waals surface area contributed by atoms with Gasteiger partial charge in [0.15, 0.2) is 0 Å². The Labute approximate surface area is 117 Å². The van der Waals surface area contributed by atoms with Gasteiger partial charge in [-0.2, -0.15) is 17.9 Å². The van der Waals surface area contributed by atoms with Crippen molar-refractivity contribution in [2.24, 2.45) is 0 Å². The lowest BCUT2D eigenvalue weighted by Gasteiger charge is -2.28. The first-order valence-electron chi connectivity index (χ1n) is 5.43. The van der Waals surface area contributed by atoms with Crippen molar-refractivity contribution in [1.82, 2.24) is 4.72 Å². The van der Waals surface area contributed by atoms with E-state index in [2.05, 4.69) is 0 Å². The number of carboxylic acids is 1. The molecule has 0 aliphatic heterocycles. The van der Waals surface area contributed by atoms with Crippen molar-refractivity contribution in [1.29, 1.82) is 0 Å². The SMILES string of the molecule is CC(NS(=O)(=O)Cc1ccc(F)cc1)(C(=O)O)C(F)(F)F. The van der Waals surface area contributed by atoms with Crippen molar-refractivity contribution >= 4 is 16.0 Å². The number of alkyl halides is 3. The van der Waals surface area contributed by atoms with Crippen LogP contribution in [0.4, 0.5) is 17.6 Å². The van der Waals surface area contributed by atoms with Crippen molar-refractivity contribution in [3.63, 3.8) is 0 Å². The summed E-state index contributed by atoms with van der Waals surface area (Å²) in [6.07, 6.45) is -5.32. The Morgan fingerprint density at radius 3 is 2.10 bits per heavy atom. The lowest BCUT2D eigenvalue weighted by molar-refractivity contribution is -0.201. The highest BCUT2D eigenvalue weighted by Crippen LogP contribution is 2.31. The molecule has 0 fully saturated rings. The molecule has 1 aromatic rings. The van der Waals surface area contributed by atoms with Gasteiger partial charge in [-0.25, -0.2) is 17.6 Å². The Bertz CT molecular complexity index is 627. The molecule has 1 unspecified atom stereocenters. The molecule has 0 saturated heterocycles. The molecule has 10 heteroatoms. The largest absolute Gasteiger partial charge is 0.480 e. The zero-order valence-corrected chi connectivity index (χ0v) is 11.4. The molecular formula is C11H11F4NO4S. The van der Waals surface area contributed by atoms with Gasteiger partial charge in [-0.1, -0.05) is 12.1 Å². The Hall–Kier alpha value is -1.68. The third-order valence-corrected chi connectivity index (χ3v) is 4.06. The maximum absolute atomic E-state index is 12.7. The van der Waals surface area contributed by atoms with Gasteiger partial charge in [0, 0.05) is 0 Å². The second-order valence-corrected chi connectivity index (χ2v) is 6.14. The summed E-state index contributed by atoms with van der Waals surface area (Å²) in [6.45, 7) is 0.206. The van der Waals surface area contributed by atoms with E-state index >= 15 is 0 Å². The first kappa shape index (κ1) is 17.4. The molecule has 0 heterocycles. The number of benzene rings is 1. The van der Waals surface area contributed by atoms with Crippen LogP contribution in [0.1, 0.15) is 12.5 Å². The minimum atomic E-state index is -5.32. The number of hydrogen-bond acceptors (Lipinski definition) is 3. The van der Waals surface area contributed by atoms with Crippen LogP contribution < -0.4 is 4.72 Å². The summed E-state index contributed by atoms with van der Waals surface area (Å²) >= 11 is 0. The summed E-state index contributed by atoms with van der Waals surface area (Å²) in [5.74, 6) is -3.93. The highest BCUT2D eigenvalue weighted by atomic mass is 32.2. The molecule has 0 bridgehead atoms. The van der Waals surface area contributed by atoms with Gasteiger partial charge >= 0.3 is 12.1 Å². The van der Waals surface area contributed by atoms with Gasteiger partial charge in [-0.3, -0.25) is 0 Å². The van der Waals surface area contributed by atoms with Crippen LogP contribution >= 0.6 is 0 Å². The number of halogens is 4. The summed E-state index contributed by atoms with van der Waals surface area (Å²) < 4.78 is 75.3. The fourth-order valence-corrected chi connectivity index (χ4v) is 2.90. The fourth-order valence-electron chi connectivity index (χ4n) is 1.37. The van der Waals surface area contributed by atoms with Gasteiger partial charge in [0.25, 0.3) is 0 Å². The normalized spacial score (nSPS) is 15.5. The smallest absolute Gasteiger partial charge is 0.418 e. The number of aliphatic carboxylic acids is 1. The molecule has 0 aromatic heterocycles. The Kier molecular flexibility index (Phi) is 4.63. The molecule has 0 spiro atoms. The zero-order chi connectivity index (χ0) is 16.5. The molecule has 1 rings (SSSR count). The summed E-state index contributed by atoms with van der Waals surface area (Å²) in [5.41, 5.74) is -3.63. The second kappa shape index (κ2) is 5.60. The summed E-state index contributed by atoms with van der Waals surface area (Å²) in [7, 11) is -4.61. The maximum atomic E-state index is 12.7. The van der Waals surface area contributed by atoms with Gasteiger partial charge in [0.05, 0.1) is 5.75 Å². The van der Waals surface area contributed by atoms with Gasteiger partial charge in [-0.05, 0) is 24.6 Å². The van der Waals surface area contributed by atoms with E-state index in [9.17, 15) is 30.8 Å². The minimum Gasteiger partial charge on any atom is -0.480 e. The molecule has 21 heavy (non-hydrogen) atoms. The second-order valence-electron chi connectivity index (χ2n) is 4.42. The van der Waals surface area contributed by atoms with Gasteiger partial charge in [-0.15, -0.1) is 0 Å². The third-order valence-electron chi connectivity index (χ3n) is 2.62. The topological polar surface area (TPSA) is 83.5 Å². The minimum absolute atomic E-state index is 0.0128. The van der Waals surface area contributed by atoms with Crippen LogP contribution in [0.3, 0.4) is 0 Å². The average molecular weight is 329 g/mol. The summed E-state index contributed by atoms with van der Waals surface area (Å²) in [6, 6.07) is 4.01. The van der Waals surface area contributed by atoms with E-state index < -0.39 is 39.3 Å². The molecule has 0 aliphatic carbocycles. The first-order valence-corrected chi connectivity index (χ1v) is 7.09. The van der Waals surface area contributed by atoms with Crippen molar-refractivity contribution in [2.45, 2.75) is 24.4 Å². The Morgan fingerprint density at radius 2 is 1.71 bits per heavy atom. The molecule has 118 valence electrons. The van der Waals surface area contributed by atoms with Crippen molar-refractivity contribution in [3.05, 3.63) is 35.6 Å². The van der Waals surface area contributed by atoms with Crippen LogP contribution in [0.15, 0.2) is 24.3 Å². The van der Waals surface area contributed by atoms with Crippen LogP contribution in [0.5, 0.6) is 0 Å². The van der Waals surface area contributed by atoms with E-state index in [0.717, 1.165) is 29.0 Å². The molecular weight excluding hydrogens is 318 g/mol. The first-order chi connectivity index (χ1) is 9.37. The fraction of sp³-hybridized carbons (Fsp3) is 0.364. The molecule has 0 amide bonds. The molecule has 0 radical (unpaired) electrons. The quantitative estimate of drug-likeness (QED) is 0.805. The van der Waals surface area contributed by atoms with Crippen molar-refractivity contribution in [3.8, 4) is 0 Å². The third kappa shape index (κ3) is 4.14. The van der Waals surface area contributed by atoms with E-state index in [4.69, 9.17) is 5.11 Å². The van der Waals surface area contributed by atoms with E-state index in [1.807, 2.05) is 0 Å². The highest BCUT2D eigenvalue weighted by Gasteiger charge is 2.59. The molecule has 5 nitrogen and oxygen atoms in total. The molecule has 0 aliphatic rings. The van der Waals surface area contributed by atoms with Gasteiger partial charge in [0.1, 0.15) is 5.82 Å². The van der Waals surface area contributed by atoms with E-state index in [1.165, 1.54) is 0 Å². The number of rotatable bonds is 5. The molecule has 0 saturated carbocycles. The maximum Gasteiger partial charge on any atom is 0.418 e. The summed E-state index contributed by atoms with van der Waals surface area (Å²) in [4.78, 5) is 10.7. The zero-order valence-electron chi connectivity index (χ0n) is 10.6. The Balaban J connectivity index is 3.03. The number of hydrogen-bond donors (Lipinski definition) is 2. The van der Waals surface area contributed by atoms with Crippen LogP contribution in [-0.4, -0.2) is 31.2 Å². The van der Waals surface area contributed by atoms with Crippen LogP contribution in [0.2, 0.25) is 0 Å². The summed E-state index contributed by atoms with van der Waals surface area (Å²) in [5, 5.41) is 8.64. The van der Waals surface area contributed by atoms with Gasteiger partial charge in [0.2, 0.25) is 15.6 Å². The van der Waals surface area contributed by atoms with Crippen LogP contribution in [0.25, 0.3) is 0 Å². The van der Waals surface area contributed by atoms with Crippen molar-refractivity contribution < 1.29 is 35.9 Å². The van der Waals surface area contributed by atoms with Crippen LogP contribution in [-0.2, 0) is 20.6 Å². The lowest BCUT2D eigenvalue weighted by atomic mass is 10.0. The molecule has 1 aromatic carbocycles. The number of nitrogens with one attached hydrogen (secondary N) is 1. The lowest BCUT2D eigenvalue weighted by Crippen LogP contribution is -2.61. The number of carbonyl (C=O) groups is 1.